The van der Waals surface area contributed by atoms with E-state index in [0.717, 1.165) is 0 Å². The molecule has 1 heterocycles. The van der Waals surface area contributed by atoms with Gasteiger partial charge >= 0.3 is 6.18 Å². The number of nitrogens with zero attached hydrogens (tertiary/aromatic N) is 1. The van der Waals surface area contributed by atoms with Crippen LogP contribution in [0.3, 0.4) is 0 Å². The van der Waals surface area contributed by atoms with E-state index < -0.39 is 12.8 Å². The van der Waals surface area contributed by atoms with Gasteiger partial charge in [-0.15, -0.1) is 0 Å². The van der Waals surface area contributed by atoms with Gasteiger partial charge in [-0.1, -0.05) is 33.8 Å². The third-order valence-corrected chi connectivity index (χ3v) is 1.33. The van der Waals surface area contributed by atoms with Crippen LogP contribution in [0.15, 0.2) is 18.3 Å². The molecular weight excluding hydrogens is 231 g/mol. The van der Waals surface area contributed by atoms with Crippen molar-refractivity contribution in [3.63, 3.8) is 0 Å². The molecule has 17 heavy (non-hydrogen) atoms. The molecule has 0 bridgehead atoms. The summed E-state index contributed by atoms with van der Waals surface area (Å²) < 4.78 is 39.6. The maximum atomic E-state index is 11.7. The Morgan fingerprint density at radius 3 is 2.12 bits per heavy atom. The zero-order valence-electron chi connectivity index (χ0n) is 10.9. The Morgan fingerprint density at radius 2 is 1.71 bits per heavy atom. The van der Waals surface area contributed by atoms with Crippen LogP contribution in [0.2, 0.25) is 0 Å². The summed E-state index contributed by atoms with van der Waals surface area (Å²) in [5.41, 5.74) is 0.590. The van der Waals surface area contributed by atoms with Gasteiger partial charge in [-0.2, -0.15) is 13.2 Å². The lowest BCUT2D eigenvalue weighted by atomic mass is 10.3. The van der Waals surface area contributed by atoms with Crippen molar-refractivity contribution in [1.82, 2.24) is 4.98 Å². The molecule has 0 unspecified atom stereocenters. The second-order valence-corrected chi connectivity index (χ2v) is 2.53. The van der Waals surface area contributed by atoms with E-state index in [0.29, 0.717) is 5.56 Å². The Kier molecular flexibility index (Phi) is 10.6. The molecule has 0 aliphatic rings. The van der Waals surface area contributed by atoms with Gasteiger partial charge in [-0.25, -0.2) is 4.98 Å². The van der Waals surface area contributed by atoms with E-state index in [1.165, 1.54) is 6.20 Å². The third-order valence-electron chi connectivity index (χ3n) is 1.33. The number of ether oxygens (including phenoxy) is 1. The van der Waals surface area contributed by atoms with E-state index in [-0.39, 0.29) is 5.88 Å². The monoisotopic (exact) mass is 251 g/mol. The Balaban J connectivity index is 0. The van der Waals surface area contributed by atoms with E-state index in [4.69, 9.17) is 0 Å². The fraction of sp³-hybridized carbons (Fsp3) is 0.583. The summed E-state index contributed by atoms with van der Waals surface area (Å²) in [6.07, 6.45) is -2.93. The number of hydrogen-bond acceptors (Lipinski definition) is 2. The molecule has 0 aromatic carbocycles. The van der Waals surface area contributed by atoms with Crippen LogP contribution < -0.4 is 4.74 Å². The second kappa shape index (κ2) is 9.93. The summed E-state index contributed by atoms with van der Waals surface area (Å²) in [6, 6.07) is 3.27. The van der Waals surface area contributed by atoms with Crippen LogP contribution in [-0.4, -0.2) is 17.8 Å². The first-order valence-corrected chi connectivity index (χ1v) is 5.60. The molecule has 0 aliphatic heterocycles. The van der Waals surface area contributed by atoms with Crippen LogP contribution in [0.25, 0.3) is 0 Å². The van der Waals surface area contributed by atoms with Crippen molar-refractivity contribution in [3.8, 4) is 5.88 Å². The number of aryl methyl sites for hydroxylation is 1. The van der Waals surface area contributed by atoms with Crippen molar-refractivity contribution in [1.29, 1.82) is 0 Å². The molecule has 0 saturated carbocycles. The normalized spacial score (nSPS) is 9.41. The zero-order chi connectivity index (χ0) is 13.9. The Labute approximate surface area is 101 Å². The number of hydrogen-bond donors (Lipinski definition) is 0. The highest BCUT2D eigenvalue weighted by Crippen LogP contribution is 2.18. The first kappa shape index (κ1) is 18.1. The molecule has 0 radical (unpaired) electrons. The van der Waals surface area contributed by atoms with Gasteiger partial charge in [0.05, 0.1) is 0 Å². The molecule has 5 heteroatoms. The first-order chi connectivity index (χ1) is 7.99. The molecule has 0 atom stereocenters. The first-order valence-electron chi connectivity index (χ1n) is 5.60. The fourth-order valence-corrected chi connectivity index (χ4v) is 0.773. The predicted octanol–water partition coefficient (Wildman–Crippen LogP) is 4.38. The molecule has 0 aliphatic carbocycles. The molecule has 2 nitrogen and oxygen atoms in total. The lowest BCUT2D eigenvalue weighted by Gasteiger charge is -2.09. The molecule has 0 N–H and O–H groups in total. The van der Waals surface area contributed by atoms with E-state index in [1.807, 2.05) is 27.7 Å². The Morgan fingerprint density at radius 1 is 1.18 bits per heavy atom. The fourth-order valence-electron chi connectivity index (χ4n) is 0.773. The molecule has 0 saturated heterocycles. The molecule has 0 amide bonds. The number of alkyl halides is 3. The van der Waals surface area contributed by atoms with Crippen molar-refractivity contribution in [2.24, 2.45) is 0 Å². The maximum absolute atomic E-state index is 11.7. The van der Waals surface area contributed by atoms with E-state index in [2.05, 4.69) is 9.72 Å². The number of rotatable bonds is 2. The Bertz CT molecular complexity index is 287. The summed E-state index contributed by atoms with van der Waals surface area (Å²) in [4.78, 5) is 3.66. The van der Waals surface area contributed by atoms with Gasteiger partial charge in [0.1, 0.15) is 0 Å². The van der Waals surface area contributed by atoms with Crippen LogP contribution in [0.5, 0.6) is 5.88 Å². The quantitative estimate of drug-likeness (QED) is 0.778. The minimum absolute atomic E-state index is 0.0276. The van der Waals surface area contributed by atoms with Gasteiger partial charge < -0.3 is 4.74 Å². The minimum Gasteiger partial charge on any atom is -0.468 e. The van der Waals surface area contributed by atoms with Gasteiger partial charge in [0.15, 0.2) is 6.61 Å². The molecular formula is C12H20F3NO. The van der Waals surface area contributed by atoms with Crippen molar-refractivity contribution in [3.05, 3.63) is 23.9 Å². The van der Waals surface area contributed by atoms with E-state index in [1.54, 1.807) is 19.1 Å². The SMILES string of the molecule is CC.CC.Cc1cccnc1OCC(F)(F)F. The largest absolute Gasteiger partial charge is 0.468 e. The highest BCUT2D eigenvalue weighted by Gasteiger charge is 2.28. The summed E-state index contributed by atoms with van der Waals surface area (Å²) >= 11 is 0. The average Bonchev–Trinajstić information content (AvgIpc) is 2.32. The van der Waals surface area contributed by atoms with Gasteiger partial charge in [-0.3, -0.25) is 0 Å². The van der Waals surface area contributed by atoms with Gasteiger partial charge in [0, 0.05) is 11.8 Å². The molecule has 0 fully saturated rings. The average molecular weight is 251 g/mol. The topological polar surface area (TPSA) is 22.1 Å². The summed E-state index contributed by atoms with van der Waals surface area (Å²) in [5.74, 6) is 0.0276. The second-order valence-electron chi connectivity index (χ2n) is 2.53. The Hall–Kier alpha value is -1.26. The smallest absolute Gasteiger partial charge is 0.422 e. The highest BCUT2D eigenvalue weighted by atomic mass is 19.4. The molecule has 1 aromatic rings. The van der Waals surface area contributed by atoms with Gasteiger partial charge in [0.2, 0.25) is 5.88 Å². The van der Waals surface area contributed by atoms with Crippen LogP contribution in [0.4, 0.5) is 13.2 Å². The zero-order valence-corrected chi connectivity index (χ0v) is 10.9. The van der Waals surface area contributed by atoms with Crippen molar-refractivity contribution in [2.45, 2.75) is 40.8 Å². The molecule has 1 aromatic heterocycles. The third kappa shape index (κ3) is 9.66. The molecule has 1 rings (SSSR count). The lowest BCUT2D eigenvalue weighted by Crippen LogP contribution is -2.19. The van der Waals surface area contributed by atoms with Crippen molar-refractivity contribution in [2.75, 3.05) is 6.61 Å². The standard InChI is InChI=1S/C8H8F3NO.2C2H6/c1-6-3-2-4-12-7(6)13-5-8(9,10)11;2*1-2/h2-4H,5H2,1H3;2*1-2H3. The maximum Gasteiger partial charge on any atom is 0.422 e. The molecule has 0 spiro atoms. The summed E-state index contributed by atoms with van der Waals surface area (Å²) in [7, 11) is 0. The lowest BCUT2D eigenvalue weighted by molar-refractivity contribution is -0.154. The number of halogens is 3. The summed E-state index contributed by atoms with van der Waals surface area (Å²) in [5, 5.41) is 0. The number of aromatic nitrogens is 1. The minimum atomic E-state index is -4.32. The van der Waals surface area contributed by atoms with Crippen LogP contribution >= 0.6 is 0 Å². The summed E-state index contributed by atoms with van der Waals surface area (Å²) in [6.45, 7) is 8.34. The van der Waals surface area contributed by atoms with E-state index in [9.17, 15) is 13.2 Å². The van der Waals surface area contributed by atoms with Gasteiger partial charge in [0.25, 0.3) is 0 Å². The van der Waals surface area contributed by atoms with E-state index >= 15 is 0 Å². The van der Waals surface area contributed by atoms with Crippen molar-refractivity contribution < 1.29 is 17.9 Å². The van der Waals surface area contributed by atoms with Crippen LogP contribution in [0.1, 0.15) is 33.3 Å². The molecule has 100 valence electrons. The van der Waals surface area contributed by atoms with Crippen molar-refractivity contribution >= 4 is 0 Å². The predicted molar refractivity (Wildman–Crippen MR) is 63.2 cm³/mol. The van der Waals surface area contributed by atoms with Gasteiger partial charge in [-0.05, 0) is 13.0 Å². The number of pyridine rings is 1. The van der Waals surface area contributed by atoms with Crippen LogP contribution in [0, 0.1) is 6.92 Å². The van der Waals surface area contributed by atoms with Crippen LogP contribution in [-0.2, 0) is 0 Å². The highest BCUT2D eigenvalue weighted by molar-refractivity contribution is 5.23.